The third-order valence-corrected chi connectivity index (χ3v) is 9.29. The van der Waals surface area contributed by atoms with E-state index in [1.54, 1.807) is 23.8 Å². The third kappa shape index (κ3) is 10.3. The Balaban J connectivity index is 2.19. The van der Waals surface area contributed by atoms with Gasteiger partial charge in [0, 0.05) is 31.8 Å². The van der Waals surface area contributed by atoms with E-state index in [1.807, 2.05) is 40.7 Å². The summed E-state index contributed by atoms with van der Waals surface area (Å²) in [5.41, 5.74) is 0.0123. The number of rotatable bonds is 14. The molecule has 2 rings (SSSR count). The summed E-state index contributed by atoms with van der Waals surface area (Å²) in [4.78, 5) is 59.9. The third-order valence-electron chi connectivity index (χ3n) is 9.29. The molecule has 2 aliphatic rings. The van der Waals surface area contributed by atoms with Crippen LogP contribution in [-0.2, 0) is 19.2 Å². The maximum Gasteiger partial charge on any atom is 0.249 e. The monoisotopic (exact) mass is 617 g/mol. The number of likely N-dealkylation sites (N-methyl/N-ethyl adjacent to an activating group) is 1. The molecule has 0 aromatic carbocycles. The number of hydrogen-bond acceptors (Lipinski definition) is 5. The largest absolute Gasteiger partial charge is 0.354 e. The normalized spacial score (nSPS) is 21.4. The minimum atomic E-state index is -0.717. The summed E-state index contributed by atoms with van der Waals surface area (Å²) >= 11 is 0. The van der Waals surface area contributed by atoms with Gasteiger partial charge in [0.05, 0.1) is 12.1 Å². The van der Waals surface area contributed by atoms with Crippen LogP contribution < -0.4 is 10.6 Å². The molecule has 2 N–H and O–H groups in total. The van der Waals surface area contributed by atoms with Crippen LogP contribution in [0.25, 0.3) is 0 Å². The first kappa shape index (κ1) is 37.8. The van der Waals surface area contributed by atoms with Gasteiger partial charge in [0.2, 0.25) is 23.6 Å². The molecule has 4 atom stereocenters. The second-order valence-electron chi connectivity index (χ2n) is 14.7. The first-order valence-corrected chi connectivity index (χ1v) is 17.2. The highest BCUT2D eigenvalue weighted by atomic mass is 16.2. The van der Waals surface area contributed by atoms with E-state index in [2.05, 4.69) is 36.3 Å². The molecule has 2 fully saturated rings. The van der Waals surface area contributed by atoms with Crippen molar-refractivity contribution in [1.29, 1.82) is 0 Å². The van der Waals surface area contributed by atoms with E-state index < -0.39 is 17.5 Å². The number of piperidine rings is 1. The summed E-state index contributed by atoms with van der Waals surface area (Å²) in [6.07, 6.45) is 10.5. The Morgan fingerprint density at radius 2 is 1.57 bits per heavy atom. The fourth-order valence-electron chi connectivity index (χ4n) is 6.56. The summed E-state index contributed by atoms with van der Waals surface area (Å²) in [6, 6.07) is -1.52. The van der Waals surface area contributed by atoms with Crippen molar-refractivity contribution in [2.45, 2.75) is 150 Å². The molecular formula is C35H63N5O4. The topological polar surface area (TPSA) is 102 Å². The Kier molecular flexibility index (Phi) is 14.9. The maximum absolute atomic E-state index is 14.1. The minimum Gasteiger partial charge on any atom is -0.354 e. The highest BCUT2D eigenvalue weighted by Crippen LogP contribution is 2.27. The van der Waals surface area contributed by atoms with E-state index in [0.29, 0.717) is 25.1 Å². The number of hydrogen-bond donors (Lipinski definition) is 2. The predicted molar refractivity (Wildman–Crippen MR) is 178 cm³/mol. The zero-order valence-electron chi connectivity index (χ0n) is 29.5. The Bertz CT molecular complexity index is 1000. The van der Waals surface area contributed by atoms with Gasteiger partial charge in [-0.2, -0.15) is 0 Å². The molecule has 9 nitrogen and oxygen atoms in total. The average molecular weight is 618 g/mol. The van der Waals surface area contributed by atoms with Crippen LogP contribution in [0.4, 0.5) is 0 Å². The fourth-order valence-corrected chi connectivity index (χ4v) is 6.56. The molecular weight excluding hydrogens is 554 g/mol. The molecule has 1 unspecified atom stereocenters. The molecule has 0 bridgehead atoms. The van der Waals surface area contributed by atoms with E-state index in [4.69, 9.17) is 0 Å². The van der Waals surface area contributed by atoms with Gasteiger partial charge in [-0.3, -0.25) is 24.1 Å². The molecule has 0 aromatic heterocycles. The summed E-state index contributed by atoms with van der Waals surface area (Å²) in [7, 11) is 1.76. The minimum absolute atomic E-state index is 0.0265. The van der Waals surface area contributed by atoms with Crippen molar-refractivity contribution in [3.63, 3.8) is 0 Å². The zero-order valence-corrected chi connectivity index (χ0v) is 29.5. The lowest BCUT2D eigenvalue weighted by Crippen LogP contribution is -2.60. The van der Waals surface area contributed by atoms with Crippen molar-refractivity contribution in [3.05, 3.63) is 11.6 Å². The van der Waals surface area contributed by atoms with Crippen LogP contribution in [0.15, 0.2) is 11.6 Å². The quantitative estimate of drug-likeness (QED) is 0.213. The van der Waals surface area contributed by atoms with Crippen molar-refractivity contribution in [3.8, 4) is 0 Å². The molecule has 0 radical (unpaired) electrons. The molecule has 2 saturated heterocycles. The van der Waals surface area contributed by atoms with Crippen molar-refractivity contribution in [2.75, 3.05) is 26.7 Å². The molecule has 2 aliphatic heterocycles. The molecule has 2 heterocycles. The summed E-state index contributed by atoms with van der Waals surface area (Å²) in [5, 5.41) is 6.17. The maximum atomic E-state index is 14.1. The average Bonchev–Trinajstić information content (AvgIpc) is 3.46. The zero-order chi connectivity index (χ0) is 33.2. The van der Waals surface area contributed by atoms with Gasteiger partial charge in [-0.15, -0.1) is 0 Å². The van der Waals surface area contributed by atoms with E-state index in [9.17, 15) is 19.2 Å². The molecule has 4 amide bonds. The van der Waals surface area contributed by atoms with Crippen molar-refractivity contribution in [2.24, 2.45) is 11.3 Å². The Hall–Kier alpha value is -2.42. The number of nitrogens with one attached hydrogen (secondary N) is 2. The van der Waals surface area contributed by atoms with Gasteiger partial charge in [0.1, 0.15) is 12.1 Å². The predicted octanol–water partition coefficient (Wildman–Crippen LogP) is 4.90. The first-order valence-electron chi connectivity index (χ1n) is 17.2. The van der Waals surface area contributed by atoms with Crippen LogP contribution in [0.5, 0.6) is 0 Å². The van der Waals surface area contributed by atoms with Crippen LogP contribution in [0.3, 0.4) is 0 Å². The number of amides is 4. The van der Waals surface area contributed by atoms with Gasteiger partial charge in [-0.05, 0) is 70.8 Å². The van der Waals surface area contributed by atoms with Crippen LogP contribution in [0.2, 0.25) is 0 Å². The Morgan fingerprint density at radius 3 is 2.16 bits per heavy atom. The second kappa shape index (κ2) is 17.3. The smallest absolute Gasteiger partial charge is 0.249 e. The van der Waals surface area contributed by atoms with Crippen LogP contribution in [-0.4, -0.2) is 95.2 Å². The Labute approximate surface area is 267 Å². The molecule has 0 aromatic rings. The lowest BCUT2D eigenvalue weighted by molar-refractivity contribution is -0.142. The number of nitrogens with zero attached hydrogens (tertiary/aromatic N) is 3. The van der Waals surface area contributed by atoms with Crippen molar-refractivity contribution >= 4 is 23.6 Å². The van der Waals surface area contributed by atoms with Gasteiger partial charge < -0.3 is 20.4 Å². The van der Waals surface area contributed by atoms with E-state index in [-0.39, 0.29) is 47.7 Å². The molecule has 0 saturated carbocycles. The van der Waals surface area contributed by atoms with E-state index in [1.165, 1.54) is 0 Å². The van der Waals surface area contributed by atoms with Gasteiger partial charge >= 0.3 is 0 Å². The SMILES string of the molecule is CCCCCCNC(=O)[C@@H]1CCCN1C(=O)/C(C)=C/[C@H](C(C)C)N(C)C(=O)[C@@H](NC(=O)C1CCCCN1C(C)C)C(C)(C)C. The van der Waals surface area contributed by atoms with Crippen LogP contribution >= 0.6 is 0 Å². The fraction of sp³-hybridized carbons (Fsp3) is 0.829. The van der Waals surface area contributed by atoms with Gasteiger partial charge in [0.25, 0.3) is 0 Å². The number of likely N-dealkylation sites (tertiary alicyclic amines) is 2. The highest BCUT2D eigenvalue weighted by Gasteiger charge is 2.40. The van der Waals surface area contributed by atoms with Gasteiger partial charge in [-0.25, -0.2) is 0 Å². The lowest BCUT2D eigenvalue weighted by Gasteiger charge is -2.41. The van der Waals surface area contributed by atoms with Gasteiger partial charge in [-0.1, -0.05) is 73.3 Å². The molecule has 0 aliphatic carbocycles. The van der Waals surface area contributed by atoms with Crippen molar-refractivity contribution < 1.29 is 19.2 Å². The molecule has 9 heteroatoms. The van der Waals surface area contributed by atoms with Gasteiger partial charge in [0.15, 0.2) is 0 Å². The lowest BCUT2D eigenvalue weighted by atomic mass is 9.84. The summed E-state index contributed by atoms with van der Waals surface area (Å²) < 4.78 is 0. The molecule has 252 valence electrons. The second-order valence-corrected chi connectivity index (χ2v) is 14.7. The van der Waals surface area contributed by atoms with E-state index >= 15 is 0 Å². The summed E-state index contributed by atoms with van der Waals surface area (Å²) in [6.45, 7) is 20.2. The van der Waals surface area contributed by atoms with E-state index in [0.717, 1.165) is 57.9 Å². The van der Waals surface area contributed by atoms with Crippen molar-refractivity contribution in [1.82, 2.24) is 25.3 Å². The molecule has 44 heavy (non-hydrogen) atoms. The number of carbonyl (C=O) groups excluding carboxylic acids is 4. The Morgan fingerprint density at radius 1 is 0.909 bits per heavy atom. The number of carbonyl (C=O) groups is 4. The number of unbranched alkanes of at least 4 members (excludes halogenated alkanes) is 3. The standard InChI is InChI=1S/C35H63N5O4/c1-11-12-13-15-20-36-31(41)27-19-17-22-40(27)33(43)26(6)23-29(24(2)3)38(10)34(44)30(35(7,8)9)37-32(42)28-18-14-16-21-39(28)25(4)5/h23-25,27-30H,11-22H2,1-10H3,(H,36,41)(H,37,42)/b26-23+/t27-,28?,29+,30+/m0/s1. The van der Waals surface area contributed by atoms with Crippen LogP contribution in [0, 0.1) is 11.3 Å². The first-order chi connectivity index (χ1) is 20.6. The molecule has 0 spiro atoms. The summed E-state index contributed by atoms with van der Waals surface area (Å²) in [5.74, 6) is -0.475. The highest BCUT2D eigenvalue weighted by molar-refractivity contribution is 5.97. The van der Waals surface area contributed by atoms with Crippen LogP contribution in [0.1, 0.15) is 120 Å².